The molecule has 1 aliphatic heterocycles. The van der Waals surface area contributed by atoms with Crippen molar-refractivity contribution in [1.82, 2.24) is 20.1 Å². The number of hydrogen-bond acceptors (Lipinski definition) is 6. The van der Waals surface area contributed by atoms with Crippen LogP contribution in [-0.4, -0.2) is 46.0 Å². The van der Waals surface area contributed by atoms with Crippen LogP contribution in [0.2, 0.25) is 0 Å². The van der Waals surface area contributed by atoms with Crippen LogP contribution < -0.4 is 15.0 Å². The van der Waals surface area contributed by atoms with E-state index in [-0.39, 0.29) is 30.0 Å². The molecule has 0 spiro atoms. The molecule has 3 aromatic rings. The van der Waals surface area contributed by atoms with Gasteiger partial charge in [-0.1, -0.05) is 42.1 Å². The Bertz CT molecular complexity index is 1160. The summed E-state index contributed by atoms with van der Waals surface area (Å²) in [6.45, 7) is 2.61. The summed E-state index contributed by atoms with van der Waals surface area (Å²) in [7, 11) is 3.46. The minimum absolute atomic E-state index is 0.0579. The number of methoxy groups -OCH3 is 1. The van der Waals surface area contributed by atoms with Gasteiger partial charge in [0.2, 0.25) is 11.8 Å². The van der Waals surface area contributed by atoms with Crippen LogP contribution in [0.5, 0.6) is 5.75 Å². The normalized spacial score (nSPS) is 13.8. The average molecular weight is 480 g/mol. The van der Waals surface area contributed by atoms with E-state index in [1.807, 2.05) is 65.9 Å². The number of ether oxygens (including phenoxy) is 1. The van der Waals surface area contributed by atoms with Gasteiger partial charge < -0.3 is 19.5 Å². The molecular formula is C25H29N5O3S. The number of hydrogen-bond donors (Lipinski definition) is 1. The van der Waals surface area contributed by atoms with Gasteiger partial charge in [-0.3, -0.25) is 9.59 Å². The Kier molecular flexibility index (Phi) is 7.52. The highest BCUT2D eigenvalue weighted by Gasteiger charge is 2.23. The third-order valence-electron chi connectivity index (χ3n) is 5.89. The quantitative estimate of drug-likeness (QED) is 0.499. The van der Waals surface area contributed by atoms with Crippen LogP contribution in [0.3, 0.4) is 0 Å². The minimum Gasteiger partial charge on any atom is -0.497 e. The molecule has 0 radical (unpaired) electrons. The minimum atomic E-state index is -0.317. The fourth-order valence-electron chi connectivity index (χ4n) is 4.11. The number of anilines is 1. The second-order valence-electron chi connectivity index (χ2n) is 8.28. The first-order chi connectivity index (χ1) is 16.5. The Hall–Kier alpha value is -3.33. The highest BCUT2D eigenvalue weighted by Crippen LogP contribution is 2.28. The van der Waals surface area contributed by atoms with Crippen LogP contribution in [0.25, 0.3) is 0 Å². The van der Waals surface area contributed by atoms with Crippen molar-refractivity contribution in [3.63, 3.8) is 0 Å². The Morgan fingerprint density at radius 1 is 1.15 bits per heavy atom. The van der Waals surface area contributed by atoms with Crippen molar-refractivity contribution in [1.29, 1.82) is 0 Å². The molecule has 0 bridgehead atoms. The number of amides is 2. The summed E-state index contributed by atoms with van der Waals surface area (Å²) < 4.78 is 6.99. The van der Waals surface area contributed by atoms with E-state index in [9.17, 15) is 9.59 Å². The summed E-state index contributed by atoms with van der Waals surface area (Å²) in [5, 5.41) is 12.1. The van der Waals surface area contributed by atoms with E-state index >= 15 is 0 Å². The fourth-order valence-corrected chi connectivity index (χ4v) is 4.91. The second-order valence-corrected chi connectivity index (χ2v) is 9.22. The zero-order valence-electron chi connectivity index (χ0n) is 19.7. The van der Waals surface area contributed by atoms with Crippen LogP contribution in [0.1, 0.15) is 36.3 Å². The van der Waals surface area contributed by atoms with E-state index in [2.05, 4.69) is 21.6 Å². The number of carbonyl (C=O) groups is 2. The zero-order chi connectivity index (χ0) is 24.1. The number of rotatable bonds is 8. The largest absolute Gasteiger partial charge is 0.497 e. The van der Waals surface area contributed by atoms with E-state index in [4.69, 9.17) is 4.74 Å². The number of carbonyl (C=O) groups excluding carboxylic acids is 2. The molecule has 2 aromatic carbocycles. The predicted octanol–water partition coefficient (Wildman–Crippen LogP) is 3.32. The van der Waals surface area contributed by atoms with Crippen molar-refractivity contribution in [2.45, 2.75) is 37.4 Å². The lowest BCUT2D eigenvalue weighted by molar-refractivity contribution is -0.121. The molecule has 0 saturated carbocycles. The van der Waals surface area contributed by atoms with E-state index in [0.717, 1.165) is 36.4 Å². The van der Waals surface area contributed by atoms with E-state index < -0.39 is 0 Å². The number of nitrogens with zero attached hydrogens (tertiary/aromatic N) is 4. The molecule has 1 N–H and O–H groups in total. The van der Waals surface area contributed by atoms with Gasteiger partial charge in [0, 0.05) is 19.3 Å². The molecule has 0 fully saturated rings. The number of fused-ring (bicyclic) bond motifs is 1. The van der Waals surface area contributed by atoms with Crippen LogP contribution in [0.15, 0.2) is 53.7 Å². The Morgan fingerprint density at radius 2 is 1.91 bits per heavy atom. The van der Waals surface area contributed by atoms with Gasteiger partial charge in [0.15, 0.2) is 11.0 Å². The number of para-hydroxylation sites is 1. The lowest BCUT2D eigenvalue weighted by Crippen LogP contribution is -2.36. The van der Waals surface area contributed by atoms with Crippen molar-refractivity contribution in [2.24, 2.45) is 7.05 Å². The molecule has 4 rings (SSSR count). The molecule has 1 aliphatic rings. The molecule has 0 aliphatic carbocycles. The molecule has 1 atom stereocenters. The molecule has 9 heteroatoms. The maximum absolute atomic E-state index is 12.9. The van der Waals surface area contributed by atoms with E-state index in [0.29, 0.717) is 11.0 Å². The molecule has 0 unspecified atom stereocenters. The molecule has 2 amide bonds. The average Bonchev–Trinajstić information content (AvgIpc) is 3.22. The first-order valence-corrected chi connectivity index (χ1v) is 12.3. The van der Waals surface area contributed by atoms with Crippen LogP contribution in [0, 0.1) is 0 Å². The smallest absolute Gasteiger partial charge is 0.237 e. The number of aromatic nitrogens is 3. The molecule has 34 heavy (non-hydrogen) atoms. The third-order valence-corrected chi connectivity index (χ3v) is 6.90. The van der Waals surface area contributed by atoms with Gasteiger partial charge in [0.05, 0.1) is 25.3 Å². The number of aryl methyl sites for hydroxylation is 1. The van der Waals surface area contributed by atoms with Gasteiger partial charge in [0.1, 0.15) is 5.75 Å². The number of thioether (sulfide) groups is 1. The van der Waals surface area contributed by atoms with Crippen molar-refractivity contribution in [3.8, 4) is 5.75 Å². The van der Waals surface area contributed by atoms with Gasteiger partial charge in [-0.15, -0.1) is 10.2 Å². The lowest BCUT2D eigenvalue weighted by atomic mass is 10.0. The van der Waals surface area contributed by atoms with E-state index in [1.54, 1.807) is 7.11 Å². The summed E-state index contributed by atoms with van der Waals surface area (Å²) in [5.41, 5.74) is 3.12. The first-order valence-electron chi connectivity index (χ1n) is 11.3. The molecular weight excluding hydrogens is 450 g/mol. The van der Waals surface area contributed by atoms with Crippen molar-refractivity contribution >= 4 is 29.3 Å². The Morgan fingerprint density at radius 3 is 2.68 bits per heavy atom. The van der Waals surface area contributed by atoms with Crippen LogP contribution in [0.4, 0.5) is 5.69 Å². The molecule has 0 saturated heterocycles. The summed E-state index contributed by atoms with van der Waals surface area (Å²) in [6, 6.07) is 15.2. The summed E-state index contributed by atoms with van der Waals surface area (Å²) in [5.74, 6) is 1.63. The van der Waals surface area contributed by atoms with E-state index in [1.165, 1.54) is 17.3 Å². The Balaban J connectivity index is 1.33. The number of benzene rings is 2. The summed E-state index contributed by atoms with van der Waals surface area (Å²) in [6.07, 6.45) is 2.23. The predicted molar refractivity (Wildman–Crippen MR) is 132 cm³/mol. The highest BCUT2D eigenvalue weighted by atomic mass is 32.2. The van der Waals surface area contributed by atoms with Crippen LogP contribution >= 0.6 is 11.8 Å². The fraction of sp³-hybridized carbons (Fsp3) is 0.360. The highest BCUT2D eigenvalue weighted by molar-refractivity contribution is 7.99. The SMILES string of the molecule is COc1ccc(CC(=O)N[C@H](C)c2nnc(SCC(=O)N3CCCc4ccccc43)n2C)cc1. The third kappa shape index (κ3) is 5.41. The molecule has 2 heterocycles. The van der Waals surface area contributed by atoms with Gasteiger partial charge >= 0.3 is 0 Å². The summed E-state index contributed by atoms with van der Waals surface area (Å²) >= 11 is 1.36. The van der Waals surface area contributed by atoms with Crippen molar-refractivity contribution in [2.75, 3.05) is 24.3 Å². The maximum atomic E-state index is 12.9. The standard InChI is InChI=1S/C25H29N5O3S/c1-17(26-22(31)15-18-10-12-20(33-3)13-11-18)24-27-28-25(29(24)2)34-16-23(32)30-14-6-8-19-7-4-5-9-21(19)30/h4-5,7,9-13,17H,6,8,14-16H2,1-3H3,(H,26,31)/t17-/m1/s1. The van der Waals surface area contributed by atoms with Crippen LogP contribution in [-0.2, 0) is 29.5 Å². The lowest BCUT2D eigenvalue weighted by Gasteiger charge is -2.29. The molecule has 1 aromatic heterocycles. The van der Waals surface area contributed by atoms with Crippen molar-refractivity contribution < 1.29 is 14.3 Å². The summed E-state index contributed by atoms with van der Waals surface area (Å²) in [4.78, 5) is 27.3. The first kappa shape index (κ1) is 23.8. The van der Waals surface area contributed by atoms with Gasteiger partial charge in [-0.2, -0.15) is 0 Å². The van der Waals surface area contributed by atoms with Gasteiger partial charge in [0.25, 0.3) is 0 Å². The number of nitrogens with one attached hydrogen (secondary N) is 1. The molecule has 8 nitrogen and oxygen atoms in total. The zero-order valence-corrected chi connectivity index (χ0v) is 20.5. The Labute approximate surface area is 203 Å². The maximum Gasteiger partial charge on any atom is 0.237 e. The monoisotopic (exact) mass is 479 g/mol. The van der Waals surface area contributed by atoms with Crippen molar-refractivity contribution in [3.05, 3.63) is 65.5 Å². The molecule has 178 valence electrons. The van der Waals surface area contributed by atoms with Gasteiger partial charge in [-0.05, 0) is 49.1 Å². The topological polar surface area (TPSA) is 89.3 Å². The van der Waals surface area contributed by atoms with Gasteiger partial charge in [-0.25, -0.2) is 0 Å². The second kappa shape index (κ2) is 10.7.